The number of para-hydroxylation sites is 1. The van der Waals surface area contributed by atoms with Crippen LogP contribution in [0.15, 0.2) is 83.8 Å². The summed E-state index contributed by atoms with van der Waals surface area (Å²) in [4.78, 5) is 12.8. The van der Waals surface area contributed by atoms with Crippen LogP contribution < -0.4 is 9.62 Å². The molecule has 3 aromatic carbocycles. The van der Waals surface area contributed by atoms with E-state index in [4.69, 9.17) is 11.6 Å². The summed E-state index contributed by atoms with van der Waals surface area (Å²) in [6.45, 7) is 2.01. The zero-order valence-electron chi connectivity index (χ0n) is 17.5. The lowest BCUT2D eigenvalue weighted by Crippen LogP contribution is -2.30. The van der Waals surface area contributed by atoms with Gasteiger partial charge in [-0.1, -0.05) is 65.4 Å². The number of anilines is 2. The Balaban J connectivity index is 1.57. The first kappa shape index (κ1) is 22.9. The summed E-state index contributed by atoms with van der Waals surface area (Å²) in [6, 6.07) is 21.9. The second-order valence-electron chi connectivity index (χ2n) is 6.88. The molecule has 168 valence electrons. The predicted molar refractivity (Wildman–Crippen MR) is 131 cm³/mol. The van der Waals surface area contributed by atoms with Gasteiger partial charge in [0.25, 0.3) is 15.9 Å². The third-order valence-electron chi connectivity index (χ3n) is 4.77. The smallest absolute Gasteiger partial charge is 0.264 e. The van der Waals surface area contributed by atoms with Gasteiger partial charge in [-0.2, -0.15) is 0 Å². The number of halogens is 1. The highest BCUT2D eigenvalue weighted by atomic mass is 35.5. The van der Waals surface area contributed by atoms with Gasteiger partial charge in [-0.3, -0.25) is 14.4 Å². The third kappa shape index (κ3) is 4.90. The number of rotatable bonds is 7. The molecule has 0 aliphatic carbocycles. The van der Waals surface area contributed by atoms with E-state index in [0.29, 0.717) is 21.3 Å². The van der Waals surface area contributed by atoms with Crippen molar-refractivity contribution in [1.29, 1.82) is 0 Å². The fraction of sp³-hybridized carbons (Fsp3) is 0.0870. The van der Waals surface area contributed by atoms with E-state index in [9.17, 15) is 13.2 Å². The lowest BCUT2D eigenvalue weighted by atomic mass is 10.2. The van der Waals surface area contributed by atoms with Crippen molar-refractivity contribution in [3.8, 4) is 10.6 Å². The van der Waals surface area contributed by atoms with Gasteiger partial charge in [-0.25, -0.2) is 8.42 Å². The second kappa shape index (κ2) is 9.70. The highest BCUT2D eigenvalue weighted by Crippen LogP contribution is 2.32. The molecular formula is C23H19ClN4O3S2. The molecule has 0 atom stereocenters. The molecule has 33 heavy (non-hydrogen) atoms. The van der Waals surface area contributed by atoms with Crippen LogP contribution >= 0.6 is 22.9 Å². The molecule has 0 spiro atoms. The third-order valence-corrected chi connectivity index (χ3v) is 7.87. The van der Waals surface area contributed by atoms with Crippen molar-refractivity contribution in [2.45, 2.75) is 11.8 Å². The summed E-state index contributed by atoms with van der Waals surface area (Å²) in [5.41, 5.74) is 1.45. The molecule has 0 unspecified atom stereocenters. The van der Waals surface area contributed by atoms with E-state index in [1.54, 1.807) is 43.3 Å². The average molecular weight is 499 g/mol. The Morgan fingerprint density at radius 3 is 2.45 bits per heavy atom. The summed E-state index contributed by atoms with van der Waals surface area (Å²) in [6.07, 6.45) is 0. The topological polar surface area (TPSA) is 92.3 Å². The number of hydrogen-bond donors (Lipinski definition) is 1. The molecule has 1 amide bonds. The van der Waals surface area contributed by atoms with E-state index >= 15 is 0 Å². The zero-order chi connectivity index (χ0) is 23.4. The molecule has 0 bridgehead atoms. The average Bonchev–Trinajstić information content (AvgIpc) is 3.28. The molecular weight excluding hydrogens is 480 g/mol. The van der Waals surface area contributed by atoms with Crippen molar-refractivity contribution < 1.29 is 13.2 Å². The standard InChI is InChI=1S/C23H19ClN4O3S2/c1-2-28(17-10-4-3-5-11-17)33(30,31)18-12-8-9-16(15-18)21(29)25-23-27-26-22(32-23)19-13-6-7-14-20(19)24/h3-15H,2H2,1H3,(H,25,27,29). The van der Waals surface area contributed by atoms with E-state index < -0.39 is 15.9 Å². The van der Waals surface area contributed by atoms with Gasteiger partial charge in [-0.05, 0) is 43.3 Å². The highest BCUT2D eigenvalue weighted by molar-refractivity contribution is 7.92. The number of carbonyl (C=O) groups excluding carboxylic acids is 1. The summed E-state index contributed by atoms with van der Waals surface area (Å²) in [5.74, 6) is -0.489. The van der Waals surface area contributed by atoms with Crippen LogP contribution in [0.25, 0.3) is 10.6 Å². The summed E-state index contributed by atoms with van der Waals surface area (Å²) in [7, 11) is -3.86. The Bertz CT molecular complexity index is 1390. The predicted octanol–water partition coefficient (Wildman–Crippen LogP) is 5.33. The minimum atomic E-state index is -3.86. The van der Waals surface area contributed by atoms with Crippen molar-refractivity contribution in [1.82, 2.24) is 10.2 Å². The Morgan fingerprint density at radius 2 is 1.73 bits per heavy atom. The normalized spacial score (nSPS) is 11.2. The number of hydrogen-bond acceptors (Lipinski definition) is 6. The number of aromatic nitrogens is 2. The maximum absolute atomic E-state index is 13.3. The zero-order valence-corrected chi connectivity index (χ0v) is 19.9. The van der Waals surface area contributed by atoms with Gasteiger partial charge in [0.1, 0.15) is 0 Å². The molecule has 1 N–H and O–H groups in total. The summed E-state index contributed by atoms with van der Waals surface area (Å²) < 4.78 is 27.8. The van der Waals surface area contributed by atoms with Gasteiger partial charge in [0.15, 0.2) is 5.01 Å². The van der Waals surface area contributed by atoms with Crippen LogP contribution in [0.4, 0.5) is 10.8 Å². The number of nitrogens with zero attached hydrogens (tertiary/aromatic N) is 3. The molecule has 4 aromatic rings. The van der Waals surface area contributed by atoms with Crippen LogP contribution in [0.3, 0.4) is 0 Å². The van der Waals surface area contributed by atoms with Crippen molar-refractivity contribution >= 4 is 49.7 Å². The first-order valence-corrected chi connectivity index (χ1v) is 12.6. The molecule has 0 aliphatic rings. The first-order chi connectivity index (χ1) is 15.9. The maximum Gasteiger partial charge on any atom is 0.264 e. The van der Waals surface area contributed by atoms with Crippen LogP contribution in [0.2, 0.25) is 5.02 Å². The molecule has 0 saturated carbocycles. The number of benzene rings is 3. The molecule has 1 heterocycles. The van der Waals surface area contributed by atoms with E-state index in [1.807, 2.05) is 24.3 Å². The van der Waals surface area contributed by atoms with Crippen LogP contribution in [0.1, 0.15) is 17.3 Å². The van der Waals surface area contributed by atoms with Gasteiger partial charge in [0.2, 0.25) is 5.13 Å². The Labute approximate surface area is 200 Å². The molecule has 0 fully saturated rings. The van der Waals surface area contributed by atoms with E-state index in [0.717, 1.165) is 0 Å². The summed E-state index contributed by atoms with van der Waals surface area (Å²) >= 11 is 7.38. The van der Waals surface area contributed by atoms with E-state index in [1.165, 1.54) is 33.8 Å². The molecule has 7 nitrogen and oxygen atoms in total. The van der Waals surface area contributed by atoms with Gasteiger partial charge < -0.3 is 0 Å². The lowest BCUT2D eigenvalue weighted by molar-refractivity contribution is 0.102. The van der Waals surface area contributed by atoms with Crippen LogP contribution in [-0.2, 0) is 10.0 Å². The fourth-order valence-electron chi connectivity index (χ4n) is 3.20. The van der Waals surface area contributed by atoms with Crippen molar-refractivity contribution in [3.05, 3.63) is 89.4 Å². The number of nitrogens with one attached hydrogen (secondary N) is 1. The van der Waals surface area contributed by atoms with Crippen molar-refractivity contribution in [3.63, 3.8) is 0 Å². The monoisotopic (exact) mass is 498 g/mol. The number of carbonyl (C=O) groups is 1. The highest BCUT2D eigenvalue weighted by Gasteiger charge is 2.24. The van der Waals surface area contributed by atoms with Crippen molar-refractivity contribution in [2.24, 2.45) is 0 Å². The van der Waals surface area contributed by atoms with E-state index in [-0.39, 0.29) is 22.1 Å². The molecule has 10 heteroatoms. The van der Waals surface area contributed by atoms with Gasteiger partial charge >= 0.3 is 0 Å². The van der Waals surface area contributed by atoms with Crippen LogP contribution in [-0.4, -0.2) is 31.1 Å². The van der Waals surface area contributed by atoms with Gasteiger partial charge in [0, 0.05) is 17.7 Å². The minimum absolute atomic E-state index is 0.0230. The van der Waals surface area contributed by atoms with Crippen LogP contribution in [0, 0.1) is 0 Å². The van der Waals surface area contributed by atoms with Gasteiger partial charge in [0.05, 0.1) is 15.6 Å². The quantitative estimate of drug-likeness (QED) is 0.372. The Hall–Kier alpha value is -3.27. The maximum atomic E-state index is 13.3. The van der Waals surface area contributed by atoms with Crippen LogP contribution in [0.5, 0.6) is 0 Å². The fourth-order valence-corrected chi connectivity index (χ4v) is 5.78. The lowest BCUT2D eigenvalue weighted by Gasteiger charge is -2.23. The molecule has 0 saturated heterocycles. The molecule has 0 radical (unpaired) electrons. The van der Waals surface area contributed by atoms with E-state index in [2.05, 4.69) is 15.5 Å². The SMILES string of the molecule is CCN(c1ccccc1)S(=O)(=O)c1cccc(C(=O)Nc2nnc(-c3ccccc3Cl)s2)c1. The molecule has 4 rings (SSSR count). The van der Waals surface area contributed by atoms with Crippen molar-refractivity contribution in [2.75, 3.05) is 16.2 Å². The van der Waals surface area contributed by atoms with Gasteiger partial charge in [-0.15, -0.1) is 10.2 Å². The Morgan fingerprint density at radius 1 is 1.00 bits per heavy atom. The number of amides is 1. The largest absolute Gasteiger partial charge is 0.296 e. The first-order valence-electron chi connectivity index (χ1n) is 9.97. The molecule has 0 aliphatic heterocycles. The second-order valence-corrected chi connectivity index (χ2v) is 10.1. The number of sulfonamides is 1. The minimum Gasteiger partial charge on any atom is -0.296 e. The summed E-state index contributed by atoms with van der Waals surface area (Å²) in [5, 5.41) is 12.1. The Kier molecular flexibility index (Phi) is 6.73. The molecule has 1 aromatic heterocycles.